The standard InChI is InChI=1S/C23H22F3NO2/c24-23(25,26)15-10-12-16(13-11-15)27-20-17-7-4-5-8-18(17)21(29)22(20)14-6-2-1-3-9-19(22)28/h4-5,7-8,10-13,20,27H,1-3,6,9,14H2/t20-,22-/m1/s1. The predicted molar refractivity (Wildman–Crippen MR) is 104 cm³/mol. The van der Waals surface area contributed by atoms with E-state index in [0.29, 0.717) is 24.1 Å². The quantitative estimate of drug-likeness (QED) is 0.631. The normalized spacial score (nSPS) is 24.9. The van der Waals surface area contributed by atoms with Crippen molar-refractivity contribution < 1.29 is 22.8 Å². The SMILES string of the molecule is O=C1CCCCCC[C@@]12C(=O)c1ccccc1[C@H]2Nc1ccc(C(F)(F)F)cc1. The van der Waals surface area contributed by atoms with Crippen LogP contribution < -0.4 is 5.32 Å². The van der Waals surface area contributed by atoms with Crippen LogP contribution in [0.3, 0.4) is 0 Å². The van der Waals surface area contributed by atoms with Gasteiger partial charge in [-0.1, -0.05) is 43.5 Å². The highest BCUT2D eigenvalue weighted by atomic mass is 19.4. The number of carbonyl (C=O) groups is 2. The lowest BCUT2D eigenvalue weighted by Gasteiger charge is -2.35. The molecule has 4 rings (SSSR count). The van der Waals surface area contributed by atoms with Gasteiger partial charge in [-0.05, 0) is 42.7 Å². The third-order valence-electron chi connectivity index (χ3n) is 6.16. The van der Waals surface area contributed by atoms with Crippen LogP contribution in [0, 0.1) is 5.41 Å². The first-order chi connectivity index (χ1) is 13.8. The van der Waals surface area contributed by atoms with Crippen molar-refractivity contribution >= 4 is 17.3 Å². The summed E-state index contributed by atoms with van der Waals surface area (Å²) in [7, 11) is 0. The van der Waals surface area contributed by atoms with E-state index in [4.69, 9.17) is 0 Å². The first-order valence-electron chi connectivity index (χ1n) is 9.95. The Kier molecular flexibility index (Phi) is 4.97. The number of fused-ring (bicyclic) bond motifs is 1. The van der Waals surface area contributed by atoms with Gasteiger partial charge in [0.05, 0.1) is 11.6 Å². The van der Waals surface area contributed by atoms with Crippen molar-refractivity contribution in [2.24, 2.45) is 5.41 Å². The lowest BCUT2D eigenvalue weighted by molar-refractivity contribution is -0.137. The van der Waals surface area contributed by atoms with Crippen molar-refractivity contribution in [3.63, 3.8) is 0 Å². The van der Waals surface area contributed by atoms with E-state index in [1.165, 1.54) is 12.1 Å². The number of anilines is 1. The molecule has 152 valence electrons. The summed E-state index contributed by atoms with van der Waals surface area (Å²) in [5.74, 6) is -0.229. The second-order valence-corrected chi connectivity index (χ2v) is 7.88. The molecule has 0 saturated heterocycles. The first-order valence-corrected chi connectivity index (χ1v) is 9.95. The van der Waals surface area contributed by atoms with E-state index in [1.54, 1.807) is 12.1 Å². The van der Waals surface area contributed by atoms with Gasteiger partial charge in [-0.3, -0.25) is 9.59 Å². The van der Waals surface area contributed by atoms with Crippen molar-refractivity contribution in [1.82, 2.24) is 0 Å². The summed E-state index contributed by atoms with van der Waals surface area (Å²) < 4.78 is 38.7. The van der Waals surface area contributed by atoms with Crippen molar-refractivity contribution in [1.29, 1.82) is 0 Å². The maximum atomic E-state index is 13.4. The van der Waals surface area contributed by atoms with E-state index < -0.39 is 23.2 Å². The second kappa shape index (κ2) is 7.32. The molecule has 1 fully saturated rings. The van der Waals surface area contributed by atoms with E-state index in [0.717, 1.165) is 43.4 Å². The Morgan fingerprint density at radius 2 is 1.59 bits per heavy atom. The maximum absolute atomic E-state index is 13.4. The fourth-order valence-corrected chi connectivity index (χ4v) is 4.67. The number of benzene rings is 2. The molecule has 0 bridgehead atoms. The molecule has 0 aromatic heterocycles. The first kappa shape index (κ1) is 19.7. The molecule has 6 heteroatoms. The van der Waals surface area contributed by atoms with Crippen LogP contribution in [-0.4, -0.2) is 11.6 Å². The molecule has 1 saturated carbocycles. The Hall–Kier alpha value is -2.63. The summed E-state index contributed by atoms with van der Waals surface area (Å²) in [5, 5.41) is 3.24. The monoisotopic (exact) mass is 401 g/mol. The molecule has 0 amide bonds. The molecular weight excluding hydrogens is 379 g/mol. The Bertz CT molecular complexity index is 936. The highest BCUT2D eigenvalue weighted by Gasteiger charge is 2.57. The molecular formula is C23H22F3NO2. The fraction of sp³-hybridized carbons (Fsp3) is 0.391. The lowest BCUT2D eigenvalue weighted by Crippen LogP contribution is -2.43. The molecule has 2 aromatic carbocycles. The predicted octanol–water partition coefficient (Wildman–Crippen LogP) is 5.96. The van der Waals surface area contributed by atoms with Crippen molar-refractivity contribution in [2.75, 3.05) is 5.32 Å². The Morgan fingerprint density at radius 1 is 0.897 bits per heavy atom. The summed E-state index contributed by atoms with van der Waals surface area (Å²) in [6, 6.07) is 11.3. The fourth-order valence-electron chi connectivity index (χ4n) is 4.67. The maximum Gasteiger partial charge on any atom is 0.416 e. The highest BCUT2D eigenvalue weighted by Crippen LogP contribution is 2.52. The largest absolute Gasteiger partial charge is 0.416 e. The van der Waals surface area contributed by atoms with Gasteiger partial charge in [-0.15, -0.1) is 0 Å². The van der Waals surface area contributed by atoms with Crippen molar-refractivity contribution in [3.8, 4) is 0 Å². The van der Waals surface area contributed by atoms with Gasteiger partial charge in [0, 0.05) is 17.7 Å². The van der Waals surface area contributed by atoms with Crippen LogP contribution in [0.4, 0.5) is 18.9 Å². The zero-order chi connectivity index (χ0) is 20.6. The number of hydrogen-bond acceptors (Lipinski definition) is 3. The van der Waals surface area contributed by atoms with Crippen molar-refractivity contribution in [3.05, 3.63) is 65.2 Å². The van der Waals surface area contributed by atoms with Gasteiger partial charge < -0.3 is 5.32 Å². The van der Waals surface area contributed by atoms with Gasteiger partial charge in [-0.2, -0.15) is 13.2 Å². The van der Waals surface area contributed by atoms with Crippen LogP contribution in [0.25, 0.3) is 0 Å². The minimum Gasteiger partial charge on any atom is -0.377 e. The minimum absolute atomic E-state index is 0.0668. The molecule has 2 atom stereocenters. The zero-order valence-electron chi connectivity index (χ0n) is 15.9. The molecule has 0 unspecified atom stereocenters. The van der Waals surface area contributed by atoms with Crippen LogP contribution in [-0.2, 0) is 11.0 Å². The number of ketones is 2. The average molecular weight is 401 g/mol. The molecule has 0 radical (unpaired) electrons. The van der Waals surface area contributed by atoms with E-state index >= 15 is 0 Å². The number of carbonyl (C=O) groups excluding carboxylic acids is 2. The summed E-state index contributed by atoms with van der Waals surface area (Å²) >= 11 is 0. The van der Waals surface area contributed by atoms with Crippen LogP contribution >= 0.6 is 0 Å². The number of nitrogens with one attached hydrogen (secondary N) is 1. The minimum atomic E-state index is -4.41. The summed E-state index contributed by atoms with van der Waals surface area (Å²) in [6.45, 7) is 0. The number of rotatable bonds is 2. The third-order valence-corrected chi connectivity index (χ3v) is 6.16. The summed E-state index contributed by atoms with van der Waals surface area (Å²) in [6.07, 6.45) is -0.132. The molecule has 2 aliphatic rings. The molecule has 29 heavy (non-hydrogen) atoms. The van der Waals surface area contributed by atoms with Gasteiger partial charge in [0.1, 0.15) is 11.2 Å². The third kappa shape index (κ3) is 3.34. The van der Waals surface area contributed by atoms with E-state index in [2.05, 4.69) is 5.32 Å². The molecule has 1 N–H and O–H groups in total. The molecule has 1 spiro atoms. The van der Waals surface area contributed by atoms with Gasteiger partial charge in [0.15, 0.2) is 5.78 Å². The zero-order valence-corrected chi connectivity index (χ0v) is 15.9. The van der Waals surface area contributed by atoms with E-state index in [-0.39, 0.29) is 11.6 Å². The number of Topliss-reactive ketones (excluding diaryl/α,β-unsaturated/α-hetero) is 2. The summed E-state index contributed by atoms with van der Waals surface area (Å²) in [5.41, 5.74) is -0.186. The molecule has 0 heterocycles. The van der Waals surface area contributed by atoms with E-state index in [1.807, 2.05) is 12.1 Å². The average Bonchev–Trinajstić information content (AvgIpc) is 2.92. The smallest absolute Gasteiger partial charge is 0.377 e. The Labute approximate surface area is 167 Å². The molecule has 2 aromatic rings. The Balaban J connectivity index is 1.75. The topological polar surface area (TPSA) is 46.2 Å². The van der Waals surface area contributed by atoms with Crippen molar-refractivity contribution in [2.45, 2.75) is 50.7 Å². The van der Waals surface area contributed by atoms with E-state index in [9.17, 15) is 22.8 Å². The van der Waals surface area contributed by atoms with Gasteiger partial charge in [0.2, 0.25) is 0 Å². The molecule has 3 nitrogen and oxygen atoms in total. The van der Waals surface area contributed by atoms with Crippen LogP contribution in [0.15, 0.2) is 48.5 Å². The lowest BCUT2D eigenvalue weighted by atomic mass is 9.69. The molecule has 2 aliphatic carbocycles. The Morgan fingerprint density at radius 3 is 2.31 bits per heavy atom. The van der Waals surface area contributed by atoms with Gasteiger partial charge in [-0.25, -0.2) is 0 Å². The number of alkyl halides is 3. The highest BCUT2D eigenvalue weighted by molar-refractivity contribution is 6.19. The van der Waals surface area contributed by atoms with Crippen LogP contribution in [0.1, 0.15) is 66.1 Å². The summed E-state index contributed by atoms with van der Waals surface area (Å²) in [4.78, 5) is 26.7. The number of hydrogen-bond donors (Lipinski definition) is 1. The van der Waals surface area contributed by atoms with Crippen LogP contribution in [0.5, 0.6) is 0 Å². The molecule has 0 aliphatic heterocycles. The van der Waals surface area contributed by atoms with Gasteiger partial charge in [0.25, 0.3) is 0 Å². The number of halogens is 3. The second-order valence-electron chi connectivity index (χ2n) is 7.88. The van der Waals surface area contributed by atoms with Gasteiger partial charge >= 0.3 is 6.18 Å². The van der Waals surface area contributed by atoms with Crippen LogP contribution in [0.2, 0.25) is 0 Å².